The van der Waals surface area contributed by atoms with Crippen molar-refractivity contribution in [3.63, 3.8) is 0 Å². The van der Waals surface area contributed by atoms with Crippen molar-refractivity contribution < 1.29 is 4.79 Å². The molecule has 0 aliphatic heterocycles. The first kappa shape index (κ1) is 20.5. The molecule has 0 aliphatic carbocycles. The molecule has 0 fully saturated rings. The van der Waals surface area contributed by atoms with Gasteiger partial charge in [0.15, 0.2) is 0 Å². The van der Waals surface area contributed by atoms with Crippen LogP contribution in [0.25, 0.3) is 5.69 Å². The van der Waals surface area contributed by atoms with Gasteiger partial charge in [0.1, 0.15) is 0 Å². The van der Waals surface area contributed by atoms with Crippen LogP contribution in [-0.4, -0.2) is 35.3 Å². The number of aromatic nitrogens is 2. The minimum absolute atomic E-state index is 0. The molecular formula is C17H24Cl2N4O. The van der Waals surface area contributed by atoms with Crippen LogP contribution in [0.5, 0.6) is 0 Å². The normalized spacial score (nSPS) is 10.3. The number of aryl methyl sites for hydroxylation is 1. The maximum Gasteiger partial charge on any atom is 0.251 e. The summed E-state index contributed by atoms with van der Waals surface area (Å²) >= 11 is 6.17. The molecule has 7 heteroatoms. The van der Waals surface area contributed by atoms with Crippen LogP contribution in [-0.2, 0) is 0 Å². The summed E-state index contributed by atoms with van der Waals surface area (Å²) in [6.45, 7) is 8.28. The maximum absolute atomic E-state index is 12.1. The quantitative estimate of drug-likeness (QED) is 0.735. The van der Waals surface area contributed by atoms with E-state index < -0.39 is 0 Å². The van der Waals surface area contributed by atoms with Crippen LogP contribution in [0.1, 0.15) is 35.1 Å². The Kier molecular flexibility index (Phi) is 8.25. The van der Waals surface area contributed by atoms with Gasteiger partial charge in [-0.2, -0.15) is 5.10 Å². The molecule has 0 unspecified atom stereocenters. The van der Waals surface area contributed by atoms with E-state index in [1.807, 2.05) is 26.0 Å². The predicted molar refractivity (Wildman–Crippen MR) is 101 cm³/mol. The summed E-state index contributed by atoms with van der Waals surface area (Å²) in [4.78, 5) is 12.1. The number of hydrogen-bond acceptors (Lipinski definition) is 3. The van der Waals surface area contributed by atoms with Crippen LogP contribution < -0.4 is 10.6 Å². The number of carbonyl (C=O) groups excluding carboxylic acids is 1. The molecule has 0 saturated heterocycles. The highest BCUT2D eigenvalue weighted by atomic mass is 35.5. The molecule has 0 spiro atoms. The smallest absolute Gasteiger partial charge is 0.251 e. The lowest BCUT2D eigenvalue weighted by Crippen LogP contribution is -2.32. The second-order valence-corrected chi connectivity index (χ2v) is 5.83. The van der Waals surface area contributed by atoms with Crippen molar-refractivity contribution in [3.8, 4) is 5.69 Å². The number of hydrogen-bond donors (Lipinski definition) is 2. The molecule has 2 aromatic rings. The molecule has 2 N–H and O–H groups in total. The molecule has 1 heterocycles. The monoisotopic (exact) mass is 370 g/mol. The van der Waals surface area contributed by atoms with Crippen LogP contribution in [0, 0.1) is 13.8 Å². The zero-order valence-corrected chi connectivity index (χ0v) is 15.8. The van der Waals surface area contributed by atoms with Gasteiger partial charge in [-0.15, -0.1) is 12.4 Å². The summed E-state index contributed by atoms with van der Waals surface area (Å²) in [5.41, 5.74) is 3.21. The van der Waals surface area contributed by atoms with E-state index >= 15 is 0 Å². The van der Waals surface area contributed by atoms with E-state index in [-0.39, 0.29) is 18.3 Å². The van der Waals surface area contributed by atoms with Gasteiger partial charge in [-0.05, 0) is 51.1 Å². The van der Waals surface area contributed by atoms with Gasteiger partial charge < -0.3 is 10.6 Å². The fourth-order valence-corrected chi connectivity index (χ4v) is 2.42. The number of carbonyl (C=O) groups is 1. The lowest BCUT2D eigenvalue weighted by atomic mass is 10.2. The number of nitrogens with one attached hydrogen (secondary N) is 2. The highest BCUT2D eigenvalue weighted by molar-refractivity contribution is 6.31. The van der Waals surface area contributed by atoms with Gasteiger partial charge in [0.2, 0.25) is 0 Å². The Labute approximate surface area is 154 Å². The zero-order valence-electron chi connectivity index (χ0n) is 14.2. The van der Waals surface area contributed by atoms with Gasteiger partial charge in [0.25, 0.3) is 5.91 Å². The molecule has 132 valence electrons. The lowest BCUT2D eigenvalue weighted by molar-refractivity contribution is 0.0954. The van der Waals surface area contributed by atoms with E-state index in [1.165, 1.54) is 0 Å². The molecule has 0 radical (unpaired) electrons. The van der Waals surface area contributed by atoms with Crippen molar-refractivity contribution in [2.45, 2.75) is 27.2 Å². The number of nitrogens with zero attached hydrogens (tertiary/aromatic N) is 2. The first-order chi connectivity index (χ1) is 11.0. The van der Waals surface area contributed by atoms with Crippen LogP contribution in [0.4, 0.5) is 0 Å². The maximum atomic E-state index is 12.1. The molecule has 1 aromatic heterocycles. The van der Waals surface area contributed by atoms with Gasteiger partial charge in [0, 0.05) is 18.7 Å². The Morgan fingerprint density at radius 1 is 1.17 bits per heavy atom. The number of amides is 1. The molecule has 0 saturated carbocycles. The first-order valence-electron chi connectivity index (χ1n) is 7.85. The van der Waals surface area contributed by atoms with Crippen molar-refractivity contribution in [1.82, 2.24) is 20.4 Å². The highest BCUT2D eigenvalue weighted by Crippen LogP contribution is 2.22. The summed E-state index contributed by atoms with van der Waals surface area (Å²) in [5.74, 6) is -0.0683. The average Bonchev–Trinajstić information content (AvgIpc) is 2.82. The summed E-state index contributed by atoms with van der Waals surface area (Å²) in [6, 6.07) is 7.35. The third-order valence-electron chi connectivity index (χ3n) is 3.59. The largest absolute Gasteiger partial charge is 0.351 e. The molecule has 2 rings (SSSR count). The number of rotatable bonds is 7. The van der Waals surface area contributed by atoms with E-state index in [1.54, 1.807) is 16.8 Å². The molecule has 24 heavy (non-hydrogen) atoms. The zero-order chi connectivity index (χ0) is 16.8. The fourth-order valence-electron chi connectivity index (χ4n) is 2.30. The van der Waals surface area contributed by atoms with Crippen molar-refractivity contribution in [2.75, 3.05) is 19.6 Å². The molecule has 5 nitrogen and oxygen atoms in total. The Morgan fingerprint density at radius 3 is 2.38 bits per heavy atom. The average molecular weight is 371 g/mol. The summed E-state index contributed by atoms with van der Waals surface area (Å²) in [5, 5.41) is 11.2. The minimum Gasteiger partial charge on any atom is -0.351 e. The third-order valence-corrected chi connectivity index (χ3v) is 4.14. The van der Waals surface area contributed by atoms with Gasteiger partial charge in [-0.1, -0.05) is 18.5 Å². The van der Waals surface area contributed by atoms with Gasteiger partial charge in [0.05, 0.1) is 22.1 Å². The predicted octanol–water partition coefficient (Wildman–Crippen LogP) is 3.29. The Morgan fingerprint density at radius 2 is 1.83 bits per heavy atom. The van der Waals surface area contributed by atoms with Crippen LogP contribution in [0.3, 0.4) is 0 Å². The first-order valence-corrected chi connectivity index (χ1v) is 8.23. The summed E-state index contributed by atoms with van der Waals surface area (Å²) < 4.78 is 1.79. The second-order valence-electron chi connectivity index (χ2n) is 5.45. The summed E-state index contributed by atoms with van der Waals surface area (Å²) in [6.07, 6.45) is 1.09. The van der Waals surface area contributed by atoms with E-state index in [2.05, 4.69) is 22.7 Å². The Balaban J connectivity index is 0.00000288. The molecule has 0 aliphatic rings. The van der Waals surface area contributed by atoms with E-state index in [0.717, 1.165) is 36.6 Å². The molecule has 0 bridgehead atoms. The van der Waals surface area contributed by atoms with Crippen LogP contribution in [0.2, 0.25) is 5.02 Å². The van der Waals surface area contributed by atoms with Crippen molar-refractivity contribution in [1.29, 1.82) is 0 Å². The molecule has 1 aromatic carbocycles. The third kappa shape index (κ3) is 4.97. The highest BCUT2D eigenvalue weighted by Gasteiger charge is 2.11. The van der Waals surface area contributed by atoms with Crippen LogP contribution >= 0.6 is 24.0 Å². The fraction of sp³-hybridized carbons (Fsp3) is 0.412. The van der Waals surface area contributed by atoms with E-state index in [4.69, 9.17) is 11.6 Å². The van der Waals surface area contributed by atoms with Crippen molar-refractivity contribution in [2.24, 2.45) is 0 Å². The van der Waals surface area contributed by atoms with Crippen molar-refractivity contribution in [3.05, 3.63) is 46.2 Å². The number of benzene rings is 1. The lowest BCUT2D eigenvalue weighted by Gasteiger charge is -2.08. The van der Waals surface area contributed by atoms with Gasteiger partial charge in [-0.25, -0.2) is 4.68 Å². The van der Waals surface area contributed by atoms with Crippen LogP contribution in [0.15, 0.2) is 24.3 Å². The van der Waals surface area contributed by atoms with Gasteiger partial charge >= 0.3 is 0 Å². The Hall–Kier alpha value is -1.56. The minimum atomic E-state index is -0.0683. The van der Waals surface area contributed by atoms with Crippen molar-refractivity contribution >= 4 is 29.9 Å². The second kappa shape index (κ2) is 9.67. The Bertz CT molecular complexity index is 668. The molecular weight excluding hydrogens is 347 g/mol. The molecule has 0 atom stereocenters. The van der Waals surface area contributed by atoms with Gasteiger partial charge in [-0.3, -0.25) is 4.79 Å². The molecule has 1 amide bonds. The number of halogens is 2. The topological polar surface area (TPSA) is 58.9 Å². The van der Waals surface area contributed by atoms with E-state index in [0.29, 0.717) is 17.1 Å². The summed E-state index contributed by atoms with van der Waals surface area (Å²) in [7, 11) is 0. The van der Waals surface area contributed by atoms with E-state index in [9.17, 15) is 4.79 Å². The standard InChI is InChI=1S/C17H23ClN4O.ClH/c1-4-9-19-10-11-20-17(23)14-5-7-15(8-6-14)22-13(3)16(18)12(2)21-22;/h5-8,19H,4,9-11H2,1-3H3,(H,20,23);1H. The SMILES string of the molecule is CCCNCCNC(=O)c1ccc(-n2nc(C)c(Cl)c2C)cc1.Cl.